The molecule has 0 bridgehead atoms. The third-order valence-corrected chi connectivity index (χ3v) is 3.62. The van der Waals surface area contributed by atoms with E-state index < -0.39 is 0 Å². The zero-order chi connectivity index (χ0) is 11.6. The molecule has 0 N–H and O–H groups in total. The van der Waals surface area contributed by atoms with E-state index in [4.69, 9.17) is 0 Å². The number of ketones is 1. The van der Waals surface area contributed by atoms with Crippen molar-refractivity contribution in [1.29, 1.82) is 0 Å². The Morgan fingerprint density at radius 1 is 1.19 bits per heavy atom. The number of carbonyl (C=O) groups excluding carboxylic acids is 1. The van der Waals surface area contributed by atoms with Crippen LogP contribution in [0.25, 0.3) is 0 Å². The van der Waals surface area contributed by atoms with E-state index in [0.717, 1.165) is 25.7 Å². The molecule has 2 rings (SSSR count). The Kier molecular flexibility index (Phi) is 3.08. The predicted molar refractivity (Wildman–Crippen MR) is 61.9 cm³/mol. The van der Waals surface area contributed by atoms with E-state index in [1.54, 1.807) is 18.2 Å². The van der Waals surface area contributed by atoms with Gasteiger partial charge in [0.25, 0.3) is 0 Å². The molecule has 1 aliphatic rings. The lowest BCUT2D eigenvalue weighted by Gasteiger charge is -2.32. The van der Waals surface area contributed by atoms with Gasteiger partial charge in [0.2, 0.25) is 0 Å². The van der Waals surface area contributed by atoms with Crippen LogP contribution in [-0.4, -0.2) is 5.78 Å². The minimum absolute atomic E-state index is 0.0229. The largest absolute Gasteiger partial charge is 0.293 e. The van der Waals surface area contributed by atoms with Crippen molar-refractivity contribution in [3.05, 3.63) is 35.6 Å². The van der Waals surface area contributed by atoms with Crippen molar-refractivity contribution in [3.8, 4) is 0 Å². The Labute approximate surface area is 95.7 Å². The topological polar surface area (TPSA) is 17.1 Å². The Hall–Kier alpha value is -1.18. The lowest BCUT2D eigenvalue weighted by atomic mass is 9.71. The minimum Gasteiger partial charge on any atom is -0.293 e. The van der Waals surface area contributed by atoms with E-state index >= 15 is 0 Å². The van der Waals surface area contributed by atoms with Gasteiger partial charge in [-0.15, -0.1) is 0 Å². The molecule has 0 unspecified atom stereocenters. The lowest BCUT2D eigenvalue weighted by molar-refractivity contribution is 0.0745. The zero-order valence-corrected chi connectivity index (χ0v) is 9.63. The van der Waals surface area contributed by atoms with Crippen LogP contribution in [0.2, 0.25) is 0 Å². The second-order valence-electron chi connectivity index (χ2n) is 4.93. The Morgan fingerprint density at radius 3 is 2.44 bits per heavy atom. The molecule has 0 heterocycles. The van der Waals surface area contributed by atoms with Crippen LogP contribution >= 0.6 is 0 Å². The third kappa shape index (κ3) is 2.01. The molecule has 0 aromatic heterocycles. The normalized spacial score (nSPS) is 19.4. The summed E-state index contributed by atoms with van der Waals surface area (Å²) in [6, 6.07) is 6.30. The van der Waals surface area contributed by atoms with Crippen LogP contribution in [0.15, 0.2) is 24.3 Å². The molecule has 16 heavy (non-hydrogen) atoms. The van der Waals surface area contributed by atoms with Gasteiger partial charge in [0.1, 0.15) is 5.82 Å². The van der Waals surface area contributed by atoms with Gasteiger partial charge in [-0.2, -0.15) is 0 Å². The van der Waals surface area contributed by atoms with Crippen molar-refractivity contribution >= 4 is 5.78 Å². The molecule has 86 valence electrons. The van der Waals surface area contributed by atoms with Crippen LogP contribution in [-0.2, 0) is 0 Å². The summed E-state index contributed by atoms with van der Waals surface area (Å²) in [5.74, 6) is -0.412. The molecule has 2 heteroatoms. The third-order valence-electron chi connectivity index (χ3n) is 3.62. The summed E-state index contributed by atoms with van der Waals surface area (Å²) < 4.78 is 13.5. The smallest absolute Gasteiger partial charge is 0.171 e. The van der Waals surface area contributed by atoms with E-state index in [1.807, 2.05) is 6.92 Å². The average Bonchev–Trinajstić information content (AvgIpc) is 2.30. The van der Waals surface area contributed by atoms with E-state index in [1.165, 1.54) is 12.5 Å². The molecule has 0 atom stereocenters. The van der Waals surface area contributed by atoms with Gasteiger partial charge < -0.3 is 0 Å². The van der Waals surface area contributed by atoms with Gasteiger partial charge in [-0.25, -0.2) is 4.39 Å². The quantitative estimate of drug-likeness (QED) is 0.689. The maximum Gasteiger partial charge on any atom is 0.171 e. The number of halogens is 1. The van der Waals surface area contributed by atoms with Crippen molar-refractivity contribution in [3.63, 3.8) is 0 Å². The highest BCUT2D eigenvalue weighted by atomic mass is 19.1. The fourth-order valence-electron chi connectivity index (χ4n) is 2.53. The van der Waals surface area contributed by atoms with E-state index in [2.05, 4.69) is 0 Å². The lowest BCUT2D eigenvalue weighted by Crippen LogP contribution is -2.30. The first-order valence-electron chi connectivity index (χ1n) is 5.93. The summed E-state index contributed by atoms with van der Waals surface area (Å²) in [7, 11) is 0. The molecule has 0 aliphatic heterocycles. The molecule has 1 aromatic rings. The SMILES string of the molecule is CC1(C(=O)c2ccccc2F)CCCCC1. The van der Waals surface area contributed by atoms with Crippen molar-refractivity contribution in [2.24, 2.45) is 5.41 Å². The standard InChI is InChI=1S/C14H17FO/c1-14(9-5-2-6-10-14)13(16)11-7-3-4-8-12(11)15/h3-4,7-8H,2,5-6,9-10H2,1H3. The molecule has 1 saturated carbocycles. The number of Topliss-reactive ketones (excluding diaryl/α,β-unsaturated/α-hetero) is 1. The summed E-state index contributed by atoms with van der Waals surface area (Å²) in [5, 5.41) is 0. The second kappa shape index (κ2) is 4.36. The Morgan fingerprint density at radius 2 is 1.81 bits per heavy atom. The van der Waals surface area contributed by atoms with Crippen LogP contribution < -0.4 is 0 Å². The summed E-state index contributed by atoms with van der Waals surface area (Å²) in [6.45, 7) is 1.97. The zero-order valence-electron chi connectivity index (χ0n) is 9.63. The minimum atomic E-state index is -0.390. The first-order valence-corrected chi connectivity index (χ1v) is 5.93. The highest BCUT2D eigenvalue weighted by molar-refractivity contribution is 6.00. The Bertz CT molecular complexity index is 391. The molecule has 0 saturated heterocycles. The van der Waals surface area contributed by atoms with Crippen molar-refractivity contribution < 1.29 is 9.18 Å². The number of hydrogen-bond acceptors (Lipinski definition) is 1. The van der Waals surface area contributed by atoms with Crippen molar-refractivity contribution in [2.75, 3.05) is 0 Å². The fourth-order valence-corrected chi connectivity index (χ4v) is 2.53. The molecular weight excluding hydrogens is 203 g/mol. The predicted octanol–water partition coefficient (Wildman–Crippen LogP) is 3.98. The maximum absolute atomic E-state index is 13.5. The van der Waals surface area contributed by atoms with Gasteiger partial charge in [0.15, 0.2) is 5.78 Å². The maximum atomic E-state index is 13.5. The number of benzene rings is 1. The van der Waals surface area contributed by atoms with Gasteiger partial charge >= 0.3 is 0 Å². The number of hydrogen-bond donors (Lipinski definition) is 0. The van der Waals surface area contributed by atoms with E-state index in [0.29, 0.717) is 0 Å². The van der Waals surface area contributed by atoms with Crippen molar-refractivity contribution in [2.45, 2.75) is 39.0 Å². The Balaban J connectivity index is 2.28. The fraction of sp³-hybridized carbons (Fsp3) is 0.500. The second-order valence-corrected chi connectivity index (χ2v) is 4.93. The monoisotopic (exact) mass is 220 g/mol. The van der Waals surface area contributed by atoms with Gasteiger partial charge in [0, 0.05) is 5.41 Å². The van der Waals surface area contributed by atoms with Gasteiger partial charge in [-0.05, 0) is 25.0 Å². The van der Waals surface area contributed by atoms with Gasteiger partial charge in [0.05, 0.1) is 5.56 Å². The van der Waals surface area contributed by atoms with Crippen LogP contribution in [0.3, 0.4) is 0 Å². The molecular formula is C14H17FO. The van der Waals surface area contributed by atoms with Gasteiger partial charge in [-0.1, -0.05) is 38.3 Å². The average molecular weight is 220 g/mol. The van der Waals surface area contributed by atoms with Crippen LogP contribution in [0.5, 0.6) is 0 Å². The van der Waals surface area contributed by atoms with E-state index in [9.17, 15) is 9.18 Å². The van der Waals surface area contributed by atoms with Crippen LogP contribution in [0.4, 0.5) is 4.39 Å². The molecule has 1 aliphatic carbocycles. The number of carbonyl (C=O) groups is 1. The van der Waals surface area contributed by atoms with Gasteiger partial charge in [-0.3, -0.25) is 4.79 Å². The van der Waals surface area contributed by atoms with Crippen LogP contribution in [0.1, 0.15) is 49.4 Å². The number of rotatable bonds is 2. The van der Waals surface area contributed by atoms with Crippen molar-refractivity contribution in [1.82, 2.24) is 0 Å². The molecule has 1 nitrogen and oxygen atoms in total. The summed E-state index contributed by atoms with van der Waals surface area (Å²) in [4.78, 5) is 12.3. The first kappa shape index (κ1) is 11.3. The molecule has 1 aromatic carbocycles. The highest BCUT2D eigenvalue weighted by Crippen LogP contribution is 2.38. The molecule has 0 spiro atoms. The van der Waals surface area contributed by atoms with Crippen LogP contribution in [0, 0.1) is 11.2 Å². The molecule has 0 amide bonds. The molecule has 0 radical (unpaired) electrons. The van der Waals surface area contributed by atoms with E-state index in [-0.39, 0.29) is 22.6 Å². The summed E-state index contributed by atoms with van der Waals surface area (Å²) in [6.07, 6.45) is 5.13. The first-order chi connectivity index (χ1) is 7.63. The summed E-state index contributed by atoms with van der Waals surface area (Å²) >= 11 is 0. The molecule has 1 fully saturated rings. The highest BCUT2D eigenvalue weighted by Gasteiger charge is 2.35. The summed E-state index contributed by atoms with van der Waals surface area (Å²) in [5.41, 5.74) is -0.0904.